The number of anilines is 3. The van der Waals surface area contributed by atoms with Crippen molar-refractivity contribution in [3.63, 3.8) is 0 Å². The fourth-order valence-electron chi connectivity index (χ4n) is 2.73. The largest absolute Gasteiger partial charge is 0.416 e. The Balaban J connectivity index is 1.98. The molecule has 158 valence electrons. The van der Waals surface area contributed by atoms with Gasteiger partial charge in [0.05, 0.1) is 29.6 Å². The summed E-state index contributed by atoms with van der Waals surface area (Å²) in [7, 11) is 0. The van der Waals surface area contributed by atoms with Crippen molar-refractivity contribution in [2.75, 3.05) is 17.2 Å². The molecule has 2 heterocycles. The Labute approximate surface area is 172 Å². The van der Waals surface area contributed by atoms with Crippen molar-refractivity contribution in [1.29, 1.82) is 0 Å². The van der Waals surface area contributed by atoms with Gasteiger partial charge in [0, 0.05) is 18.0 Å². The van der Waals surface area contributed by atoms with Crippen molar-refractivity contribution in [2.24, 2.45) is 5.92 Å². The van der Waals surface area contributed by atoms with E-state index in [2.05, 4.69) is 25.6 Å². The Morgan fingerprint density at radius 2 is 1.80 bits per heavy atom. The first-order valence-electron chi connectivity index (χ1n) is 9.38. The molecule has 3 N–H and O–H groups in total. The fraction of sp³-hybridized carbons (Fsp3) is 0.286. The van der Waals surface area contributed by atoms with Crippen LogP contribution in [0.5, 0.6) is 0 Å². The third-order valence-electron chi connectivity index (χ3n) is 4.43. The average molecular weight is 417 g/mol. The maximum absolute atomic E-state index is 13.0. The number of halogens is 3. The molecule has 9 heteroatoms. The van der Waals surface area contributed by atoms with Crippen LogP contribution >= 0.6 is 0 Å². The van der Waals surface area contributed by atoms with Gasteiger partial charge < -0.3 is 15.7 Å². The Bertz CT molecular complexity index is 980. The first-order chi connectivity index (χ1) is 14.3. The molecule has 0 unspecified atom stereocenters. The number of rotatable bonds is 7. The summed E-state index contributed by atoms with van der Waals surface area (Å²) in [6.07, 6.45) is -2.82. The van der Waals surface area contributed by atoms with Gasteiger partial charge >= 0.3 is 6.18 Å². The Kier molecular flexibility index (Phi) is 6.51. The van der Waals surface area contributed by atoms with E-state index in [4.69, 9.17) is 0 Å². The lowest BCUT2D eigenvalue weighted by molar-refractivity contribution is -0.137. The predicted octanol–water partition coefficient (Wildman–Crippen LogP) is 4.73. The quantitative estimate of drug-likeness (QED) is 0.516. The molecule has 0 bridgehead atoms. The summed E-state index contributed by atoms with van der Waals surface area (Å²) in [5.74, 6) is 0.644. The van der Waals surface area contributed by atoms with Gasteiger partial charge in [-0.3, -0.25) is 4.98 Å². The molecule has 0 spiro atoms. The fourth-order valence-corrected chi connectivity index (χ4v) is 2.73. The van der Waals surface area contributed by atoms with Gasteiger partial charge in [0.25, 0.3) is 0 Å². The maximum Gasteiger partial charge on any atom is 0.416 e. The van der Waals surface area contributed by atoms with E-state index in [1.54, 1.807) is 24.4 Å². The van der Waals surface area contributed by atoms with Crippen molar-refractivity contribution in [3.05, 3.63) is 60.3 Å². The number of aliphatic hydroxyl groups is 1. The van der Waals surface area contributed by atoms with Crippen LogP contribution in [0.3, 0.4) is 0 Å². The normalized spacial score (nSPS) is 12.6. The van der Waals surface area contributed by atoms with Crippen LogP contribution in [0.15, 0.2) is 54.7 Å². The topological polar surface area (TPSA) is 83.0 Å². The van der Waals surface area contributed by atoms with Crippen molar-refractivity contribution in [1.82, 2.24) is 15.0 Å². The van der Waals surface area contributed by atoms with Gasteiger partial charge in [-0.05, 0) is 36.2 Å². The van der Waals surface area contributed by atoms with Crippen molar-refractivity contribution >= 4 is 17.5 Å². The van der Waals surface area contributed by atoms with Gasteiger partial charge in [-0.2, -0.15) is 18.2 Å². The first-order valence-corrected chi connectivity index (χ1v) is 9.38. The minimum atomic E-state index is -4.44. The lowest BCUT2D eigenvalue weighted by Gasteiger charge is -2.20. The number of nitrogens with one attached hydrogen (secondary N) is 2. The second kappa shape index (κ2) is 9.08. The SMILES string of the molecule is CC(C)[C@@H](CO)Nc1nc(Nc2cccc(C(F)(F)F)c2)cc(-c2ccccn2)n1. The van der Waals surface area contributed by atoms with Crippen LogP contribution < -0.4 is 10.6 Å². The number of alkyl halides is 3. The number of aliphatic hydroxyl groups excluding tert-OH is 1. The molecule has 0 aliphatic rings. The van der Waals surface area contributed by atoms with E-state index >= 15 is 0 Å². The molecule has 3 aromatic rings. The summed E-state index contributed by atoms with van der Waals surface area (Å²) in [4.78, 5) is 13.1. The molecule has 30 heavy (non-hydrogen) atoms. The lowest BCUT2D eigenvalue weighted by Crippen LogP contribution is -2.30. The molecule has 0 aliphatic carbocycles. The minimum absolute atomic E-state index is 0.108. The standard InChI is InChI=1S/C21H22F3N5O/c1-13(2)18(12-30)28-20-27-17(16-8-3-4-9-25-16)11-19(29-20)26-15-7-5-6-14(10-15)21(22,23)24/h3-11,13,18,30H,12H2,1-2H3,(H2,26,27,28,29)/t18-/m1/s1. The highest BCUT2D eigenvalue weighted by Gasteiger charge is 2.30. The average Bonchev–Trinajstić information content (AvgIpc) is 2.72. The molecule has 0 fully saturated rings. The summed E-state index contributed by atoms with van der Waals surface area (Å²) >= 11 is 0. The van der Waals surface area contributed by atoms with Gasteiger partial charge in [-0.25, -0.2) is 4.98 Å². The molecule has 1 atom stereocenters. The number of benzene rings is 1. The van der Waals surface area contributed by atoms with Gasteiger partial charge in [0.15, 0.2) is 0 Å². The van der Waals surface area contributed by atoms with Gasteiger partial charge in [-0.15, -0.1) is 0 Å². The molecule has 1 aromatic carbocycles. The summed E-state index contributed by atoms with van der Waals surface area (Å²) in [6, 6.07) is 11.5. The van der Waals surface area contributed by atoms with E-state index in [0.717, 1.165) is 12.1 Å². The van der Waals surface area contributed by atoms with Crippen molar-refractivity contribution < 1.29 is 18.3 Å². The van der Waals surface area contributed by atoms with Gasteiger partial charge in [-0.1, -0.05) is 26.0 Å². The van der Waals surface area contributed by atoms with Crippen molar-refractivity contribution in [2.45, 2.75) is 26.1 Å². The molecular weight excluding hydrogens is 395 g/mol. The highest BCUT2D eigenvalue weighted by atomic mass is 19.4. The van der Waals surface area contributed by atoms with Crippen LogP contribution in [-0.2, 0) is 6.18 Å². The third kappa shape index (κ3) is 5.44. The van der Waals surface area contributed by atoms with Crippen LogP contribution in [0.4, 0.5) is 30.6 Å². The zero-order chi connectivity index (χ0) is 21.7. The zero-order valence-electron chi connectivity index (χ0n) is 16.5. The smallest absolute Gasteiger partial charge is 0.394 e. The highest BCUT2D eigenvalue weighted by Crippen LogP contribution is 2.31. The first kappa shape index (κ1) is 21.5. The maximum atomic E-state index is 13.0. The van der Waals surface area contributed by atoms with Crippen LogP contribution in [0.25, 0.3) is 11.4 Å². The Hall–Kier alpha value is -3.20. The summed E-state index contributed by atoms with van der Waals surface area (Å²) in [6.45, 7) is 3.77. The summed E-state index contributed by atoms with van der Waals surface area (Å²) < 4.78 is 39.1. The molecule has 0 saturated carbocycles. The summed E-state index contributed by atoms with van der Waals surface area (Å²) in [5, 5.41) is 15.6. The van der Waals surface area contributed by atoms with Crippen molar-refractivity contribution in [3.8, 4) is 11.4 Å². The predicted molar refractivity (Wildman–Crippen MR) is 109 cm³/mol. The lowest BCUT2D eigenvalue weighted by atomic mass is 10.1. The summed E-state index contributed by atoms with van der Waals surface area (Å²) in [5.41, 5.74) is 0.553. The van der Waals surface area contributed by atoms with Crippen LogP contribution in [0.2, 0.25) is 0 Å². The molecule has 0 saturated heterocycles. The minimum Gasteiger partial charge on any atom is -0.394 e. The van der Waals surface area contributed by atoms with E-state index in [-0.39, 0.29) is 30.2 Å². The van der Waals surface area contributed by atoms with E-state index in [1.807, 2.05) is 19.9 Å². The third-order valence-corrected chi connectivity index (χ3v) is 4.43. The number of pyridine rings is 1. The van der Waals surface area contributed by atoms with E-state index in [0.29, 0.717) is 17.2 Å². The second-order valence-electron chi connectivity index (χ2n) is 7.06. The molecule has 6 nitrogen and oxygen atoms in total. The van der Waals surface area contributed by atoms with E-state index < -0.39 is 11.7 Å². The van der Waals surface area contributed by atoms with Crippen LogP contribution in [0, 0.1) is 5.92 Å². The Morgan fingerprint density at radius 3 is 2.43 bits per heavy atom. The molecular formula is C21H22F3N5O. The number of nitrogens with zero attached hydrogens (tertiary/aromatic N) is 3. The molecule has 0 radical (unpaired) electrons. The highest BCUT2D eigenvalue weighted by molar-refractivity contribution is 5.65. The van der Waals surface area contributed by atoms with Crippen LogP contribution in [-0.4, -0.2) is 32.7 Å². The molecule has 3 rings (SSSR count). The van der Waals surface area contributed by atoms with E-state index in [9.17, 15) is 18.3 Å². The molecule has 0 amide bonds. The number of aromatic nitrogens is 3. The monoisotopic (exact) mass is 417 g/mol. The molecule has 0 aliphatic heterocycles. The second-order valence-corrected chi connectivity index (χ2v) is 7.06. The van der Waals surface area contributed by atoms with Crippen LogP contribution in [0.1, 0.15) is 19.4 Å². The van der Waals surface area contributed by atoms with E-state index in [1.165, 1.54) is 12.1 Å². The number of hydrogen-bond acceptors (Lipinski definition) is 6. The number of hydrogen-bond donors (Lipinski definition) is 3. The molecule has 2 aromatic heterocycles. The van der Waals surface area contributed by atoms with Gasteiger partial charge in [0.2, 0.25) is 5.95 Å². The zero-order valence-corrected chi connectivity index (χ0v) is 16.5. The Morgan fingerprint density at radius 1 is 1.00 bits per heavy atom. The van der Waals surface area contributed by atoms with Gasteiger partial charge in [0.1, 0.15) is 5.82 Å².